The molecule has 0 unspecified atom stereocenters. The van der Waals surface area contributed by atoms with E-state index in [9.17, 15) is 22.8 Å². The van der Waals surface area contributed by atoms with E-state index in [1.54, 1.807) is 36.7 Å². The number of aromatic nitrogens is 3. The maximum atomic E-state index is 13.6. The zero-order valence-electron chi connectivity index (χ0n) is 21.0. The van der Waals surface area contributed by atoms with Crippen LogP contribution in [0.15, 0.2) is 81.5 Å². The Balaban J connectivity index is 1.59. The number of nitrogens with zero attached hydrogens (tertiary/aromatic N) is 4. The van der Waals surface area contributed by atoms with Crippen LogP contribution in [-0.4, -0.2) is 34.9 Å². The third-order valence-electron chi connectivity index (χ3n) is 6.30. The second kappa shape index (κ2) is 10.9. The number of pyridine rings is 1. The fraction of sp³-hybridized carbons (Fsp3) is 0.214. The van der Waals surface area contributed by atoms with E-state index in [0.29, 0.717) is 24.0 Å². The van der Waals surface area contributed by atoms with Gasteiger partial charge in [0.05, 0.1) is 28.0 Å². The minimum Gasteiger partial charge on any atom is -0.299 e. The lowest BCUT2D eigenvalue weighted by Gasteiger charge is -2.23. The average molecular weight is 531 g/mol. The van der Waals surface area contributed by atoms with Crippen LogP contribution in [0, 0.1) is 12.3 Å². The molecule has 9 nitrogen and oxygen atoms in total. The summed E-state index contributed by atoms with van der Waals surface area (Å²) >= 11 is 0. The van der Waals surface area contributed by atoms with Gasteiger partial charge in [-0.05, 0) is 53.9 Å². The Morgan fingerprint density at radius 2 is 1.76 bits per heavy atom. The zero-order valence-corrected chi connectivity index (χ0v) is 21.8. The molecule has 0 aliphatic carbocycles. The molecule has 0 bridgehead atoms. The number of carbonyl (C=O) groups is 1. The number of hydrogen-bond donors (Lipinski definition) is 0. The molecule has 0 fully saturated rings. The Labute approximate surface area is 220 Å². The number of anilines is 1. The summed E-state index contributed by atoms with van der Waals surface area (Å²) in [4.78, 5) is 41.3. The summed E-state index contributed by atoms with van der Waals surface area (Å²) in [6.45, 7) is -0.241. The van der Waals surface area contributed by atoms with E-state index in [4.69, 9.17) is 6.42 Å². The predicted molar refractivity (Wildman–Crippen MR) is 146 cm³/mol. The molecule has 2 heterocycles. The summed E-state index contributed by atoms with van der Waals surface area (Å²) in [5.74, 6) is 2.43. The average Bonchev–Trinajstić information content (AvgIpc) is 2.93. The van der Waals surface area contributed by atoms with Gasteiger partial charge in [0.25, 0.3) is 15.6 Å². The number of benzene rings is 2. The van der Waals surface area contributed by atoms with Gasteiger partial charge < -0.3 is 0 Å². The van der Waals surface area contributed by atoms with Crippen LogP contribution in [0.1, 0.15) is 17.5 Å². The van der Waals surface area contributed by atoms with Gasteiger partial charge in [0.2, 0.25) is 0 Å². The summed E-state index contributed by atoms with van der Waals surface area (Å²) in [5.41, 5.74) is 1.27. The molecule has 0 saturated heterocycles. The smallest absolute Gasteiger partial charge is 0.299 e. The van der Waals surface area contributed by atoms with Crippen LogP contribution < -0.4 is 15.6 Å². The maximum Gasteiger partial charge on any atom is 0.330 e. The van der Waals surface area contributed by atoms with E-state index in [-0.39, 0.29) is 29.0 Å². The Morgan fingerprint density at radius 3 is 2.42 bits per heavy atom. The summed E-state index contributed by atoms with van der Waals surface area (Å²) in [6.07, 6.45) is 10.1. The van der Waals surface area contributed by atoms with Crippen molar-refractivity contribution in [3.05, 3.63) is 99.0 Å². The Morgan fingerprint density at radius 1 is 1.03 bits per heavy atom. The van der Waals surface area contributed by atoms with Gasteiger partial charge in [-0.25, -0.2) is 13.2 Å². The topological polar surface area (TPSA) is 111 Å². The number of carbonyl (C=O) groups excluding carboxylic acids is 1. The lowest BCUT2D eigenvalue weighted by molar-refractivity contribution is -0.118. The number of ketones is 1. The molecule has 0 aliphatic heterocycles. The lowest BCUT2D eigenvalue weighted by Crippen LogP contribution is -2.37. The molecule has 2 aromatic carbocycles. The highest BCUT2D eigenvalue weighted by molar-refractivity contribution is 7.92. The van der Waals surface area contributed by atoms with Crippen LogP contribution in [-0.2, 0) is 41.8 Å². The van der Waals surface area contributed by atoms with Crippen molar-refractivity contribution in [3.63, 3.8) is 0 Å². The number of rotatable bonds is 9. The third-order valence-corrected chi connectivity index (χ3v) is 8.07. The Hall–Kier alpha value is -4.49. The summed E-state index contributed by atoms with van der Waals surface area (Å²) in [6, 6.07) is 14.4. The van der Waals surface area contributed by atoms with Crippen LogP contribution in [0.25, 0.3) is 10.9 Å². The lowest BCUT2D eigenvalue weighted by atomic mass is 10.0. The molecular formula is C28H26N4O5S. The third kappa shape index (κ3) is 5.28. The maximum absolute atomic E-state index is 13.6. The van der Waals surface area contributed by atoms with Crippen molar-refractivity contribution < 1.29 is 13.2 Å². The van der Waals surface area contributed by atoms with Crippen LogP contribution in [0.2, 0.25) is 0 Å². The van der Waals surface area contributed by atoms with Gasteiger partial charge in [0, 0.05) is 39.3 Å². The molecule has 0 aliphatic rings. The quantitative estimate of drug-likeness (QED) is 0.307. The van der Waals surface area contributed by atoms with Gasteiger partial charge in [-0.15, -0.1) is 6.42 Å². The van der Waals surface area contributed by atoms with Gasteiger partial charge in [-0.1, -0.05) is 24.1 Å². The van der Waals surface area contributed by atoms with Gasteiger partial charge >= 0.3 is 5.69 Å². The Bertz CT molecular complexity index is 1770. The van der Waals surface area contributed by atoms with Crippen molar-refractivity contribution in [2.75, 3.05) is 10.8 Å². The highest BCUT2D eigenvalue weighted by atomic mass is 32.2. The number of fused-ring (bicyclic) bond motifs is 1. The second-order valence-corrected chi connectivity index (χ2v) is 10.7. The molecule has 38 heavy (non-hydrogen) atoms. The van der Waals surface area contributed by atoms with E-state index in [1.165, 1.54) is 36.9 Å². The minimum atomic E-state index is -4.15. The summed E-state index contributed by atoms with van der Waals surface area (Å²) in [5, 5.41) is 0.0940. The summed E-state index contributed by atoms with van der Waals surface area (Å²) < 4.78 is 30.5. The first-order chi connectivity index (χ1) is 18.1. The monoisotopic (exact) mass is 530 g/mol. The molecule has 194 valence electrons. The van der Waals surface area contributed by atoms with Gasteiger partial charge in [0.1, 0.15) is 5.78 Å². The van der Waals surface area contributed by atoms with Crippen molar-refractivity contribution in [1.82, 2.24) is 14.1 Å². The van der Waals surface area contributed by atoms with Crippen molar-refractivity contribution >= 4 is 32.4 Å². The molecule has 2 aromatic heterocycles. The second-order valence-electron chi connectivity index (χ2n) is 8.84. The number of terminal acetylenes is 1. The first-order valence-corrected chi connectivity index (χ1v) is 13.2. The fourth-order valence-electron chi connectivity index (χ4n) is 4.19. The molecule has 4 rings (SSSR count). The molecule has 4 aromatic rings. The van der Waals surface area contributed by atoms with Crippen LogP contribution >= 0.6 is 0 Å². The number of aryl methyl sites for hydroxylation is 2. The molecule has 0 amide bonds. The van der Waals surface area contributed by atoms with Crippen LogP contribution in [0.4, 0.5) is 5.69 Å². The normalized spacial score (nSPS) is 11.3. The van der Waals surface area contributed by atoms with Crippen LogP contribution in [0.3, 0.4) is 0 Å². The largest absolute Gasteiger partial charge is 0.330 e. The van der Waals surface area contributed by atoms with E-state index in [0.717, 1.165) is 20.0 Å². The van der Waals surface area contributed by atoms with E-state index < -0.39 is 21.3 Å². The number of hydrogen-bond acceptors (Lipinski definition) is 6. The molecule has 0 atom stereocenters. The number of Topliss-reactive ketones (excluding diaryl/α,β-unsaturated/α-hetero) is 1. The van der Waals surface area contributed by atoms with Gasteiger partial charge in [-0.2, -0.15) is 0 Å². The minimum absolute atomic E-state index is 0.0573. The number of sulfonamides is 1. The fourth-order valence-corrected chi connectivity index (χ4v) is 5.59. The van der Waals surface area contributed by atoms with Crippen molar-refractivity contribution in [3.8, 4) is 12.3 Å². The van der Waals surface area contributed by atoms with Crippen molar-refractivity contribution in [1.29, 1.82) is 0 Å². The SMILES string of the molecule is C#CCN(c1ccc(CC(=O)CCc2cccnc2)cc1)S(=O)(=O)c1ccc2c(c1)c(=O)n(C)c(=O)n2C. The highest BCUT2D eigenvalue weighted by Crippen LogP contribution is 2.25. The summed E-state index contributed by atoms with van der Waals surface area (Å²) in [7, 11) is -1.31. The first-order valence-electron chi connectivity index (χ1n) is 11.8. The van der Waals surface area contributed by atoms with Crippen molar-refractivity contribution in [2.45, 2.75) is 24.2 Å². The molecule has 0 radical (unpaired) electrons. The van der Waals surface area contributed by atoms with Crippen LogP contribution in [0.5, 0.6) is 0 Å². The standard InChI is InChI=1S/C28H26N4O5S/c1-4-16-32(22-10-7-20(8-11-22)17-23(33)12-9-21-6-5-15-29-19-21)38(36,37)24-13-14-26-25(18-24)27(34)31(3)28(35)30(26)2/h1,5-8,10-11,13-15,18-19H,9,12,16-17H2,2-3H3. The van der Waals surface area contributed by atoms with E-state index >= 15 is 0 Å². The zero-order chi connectivity index (χ0) is 27.4. The Kier molecular flexibility index (Phi) is 7.60. The first kappa shape index (κ1) is 26.6. The molecular weight excluding hydrogens is 504 g/mol. The molecule has 10 heteroatoms. The molecule has 0 spiro atoms. The van der Waals surface area contributed by atoms with Gasteiger partial charge in [0.15, 0.2) is 0 Å². The van der Waals surface area contributed by atoms with E-state index in [1.807, 2.05) is 12.1 Å². The predicted octanol–water partition coefficient (Wildman–Crippen LogP) is 2.21. The molecule has 0 N–H and O–H groups in total. The molecule has 0 saturated carbocycles. The van der Waals surface area contributed by atoms with Crippen molar-refractivity contribution in [2.24, 2.45) is 14.1 Å². The van der Waals surface area contributed by atoms with Gasteiger partial charge in [-0.3, -0.25) is 28.0 Å². The van der Waals surface area contributed by atoms with E-state index in [2.05, 4.69) is 10.9 Å². The highest BCUT2D eigenvalue weighted by Gasteiger charge is 2.25.